The summed E-state index contributed by atoms with van der Waals surface area (Å²) in [6.07, 6.45) is 6.68. The lowest BCUT2D eigenvalue weighted by Crippen LogP contribution is -2.36. The molecule has 1 aromatic carbocycles. The third-order valence-electron chi connectivity index (χ3n) is 6.49. The number of nitrogens with one attached hydrogen (secondary N) is 1. The molecule has 1 aliphatic carbocycles. The summed E-state index contributed by atoms with van der Waals surface area (Å²) in [5.41, 5.74) is 1.07. The Morgan fingerprint density at radius 3 is 2.66 bits per heavy atom. The number of amides is 1. The van der Waals surface area contributed by atoms with Gasteiger partial charge in [0.2, 0.25) is 5.91 Å². The maximum Gasteiger partial charge on any atom is 0.258 e. The molecule has 1 amide bonds. The molecule has 2 atom stereocenters. The van der Waals surface area contributed by atoms with E-state index in [1.165, 1.54) is 11.0 Å². The average Bonchev–Trinajstić information content (AvgIpc) is 2.63. The second-order valence-corrected chi connectivity index (χ2v) is 9.84. The molecule has 158 valence electrons. The Morgan fingerprint density at radius 2 is 1.97 bits per heavy atom. The largest absolute Gasteiger partial charge is 0.395 e. The Morgan fingerprint density at radius 1 is 1.21 bits per heavy atom. The Labute approximate surface area is 173 Å². The number of rotatable bonds is 6. The summed E-state index contributed by atoms with van der Waals surface area (Å²) in [7, 11) is 0. The smallest absolute Gasteiger partial charge is 0.258 e. The third kappa shape index (κ3) is 4.89. The number of aliphatic hydroxyl groups excluding tert-OH is 1. The van der Waals surface area contributed by atoms with E-state index in [1.807, 2.05) is 12.1 Å². The van der Waals surface area contributed by atoms with Crippen molar-refractivity contribution in [1.82, 2.24) is 4.57 Å². The molecular weight excluding hydrogens is 364 g/mol. The van der Waals surface area contributed by atoms with Crippen molar-refractivity contribution in [2.75, 3.05) is 11.9 Å². The highest BCUT2D eigenvalue weighted by atomic mass is 16.3. The van der Waals surface area contributed by atoms with Crippen LogP contribution in [0.25, 0.3) is 10.8 Å². The minimum atomic E-state index is -0.152. The Kier molecular flexibility index (Phi) is 6.18. The summed E-state index contributed by atoms with van der Waals surface area (Å²) in [5.74, 6) is 0.388. The highest BCUT2D eigenvalue weighted by Crippen LogP contribution is 2.51. The van der Waals surface area contributed by atoms with Crippen LogP contribution in [0.1, 0.15) is 59.8 Å². The zero-order chi connectivity index (χ0) is 21.2. The highest BCUT2D eigenvalue weighted by molar-refractivity contribution is 6.01. The van der Waals surface area contributed by atoms with Crippen LogP contribution in [-0.2, 0) is 11.3 Å². The monoisotopic (exact) mass is 398 g/mol. The van der Waals surface area contributed by atoms with Crippen LogP contribution in [0.2, 0.25) is 0 Å². The highest BCUT2D eigenvalue weighted by Gasteiger charge is 2.40. The zero-order valence-corrected chi connectivity index (χ0v) is 18.1. The predicted octanol–water partition coefficient (Wildman–Crippen LogP) is 4.57. The number of carbonyl (C=O) groups excluding carboxylic acids is 1. The topological polar surface area (TPSA) is 71.3 Å². The SMILES string of the molecule is CCC1(C)CC(CC(=O)Nc2cccc3c(=O)n(CCO)ccc23)CC(C)(C)C1. The minimum absolute atomic E-state index is 0.0122. The fraction of sp³-hybridized carbons (Fsp3) is 0.583. The van der Waals surface area contributed by atoms with Crippen LogP contribution in [-0.4, -0.2) is 22.2 Å². The molecule has 1 fully saturated rings. The van der Waals surface area contributed by atoms with Crippen molar-refractivity contribution in [1.29, 1.82) is 0 Å². The van der Waals surface area contributed by atoms with Crippen LogP contribution in [0.4, 0.5) is 5.69 Å². The molecule has 2 N–H and O–H groups in total. The number of hydrogen-bond donors (Lipinski definition) is 2. The van der Waals surface area contributed by atoms with Crippen LogP contribution in [0.5, 0.6) is 0 Å². The van der Waals surface area contributed by atoms with Crippen molar-refractivity contribution < 1.29 is 9.90 Å². The molecule has 0 aliphatic heterocycles. The van der Waals surface area contributed by atoms with E-state index in [4.69, 9.17) is 5.11 Å². The molecule has 29 heavy (non-hydrogen) atoms. The van der Waals surface area contributed by atoms with Gasteiger partial charge in [0.25, 0.3) is 5.56 Å². The maximum atomic E-state index is 12.9. The van der Waals surface area contributed by atoms with Gasteiger partial charge in [-0.15, -0.1) is 0 Å². The number of fused-ring (bicyclic) bond motifs is 1. The lowest BCUT2D eigenvalue weighted by Gasteiger charge is -2.46. The van der Waals surface area contributed by atoms with Gasteiger partial charge in [-0.05, 0) is 54.2 Å². The van der Waals surface area contributed by atoms with Gasteiger partial charge in [-0.3, -0.25) is 9.59 Å². The third-order valence-corrected chi connectivity index (χ3v) is 6.49. The summed E-state index contributed by atoms with van der Waals surface area (Å²) in [6, 6.07) is 7.23. The molecule has 1 heterocycles. The van der Waals surface area contributed by atoms with E-state index in [9.17, 15) is 9.59 Å². The summed E-state index contributed by atoms with van der Waals surface area (Å²) in [6.45, 7) is 9.40. The van der Waals surface area contributed by atoms with Crippen LogP contribution in [0.3, 0.4) is 0 Å². The molecule has 3 rings (SSSR count). The van der Waals surface area contributed by atoms with Crippen molar-refractivity contribution in [3.8, 4) is 0 Å². The average molecular weight is 399 g/mol. The number of aliphatic hydroxyl groups is 1. The van der Waals surface area contributed by atoms with Gasteiger partial charge < -0.3 is 15.0 Å². The predicted molar refractivity (Wildman–Crippen MR) is 118 cm³/mol. The molecule has 2 unspecified atom stereocenters. The standard InChI is InChI=1S/C24H34N2O3/c1-5-24(4)15-17(14-23(2,3)16-24)13-21(28)25-20-8-6-7-19-18(20)9-10-26(11-12-27)22(19)29/h6-10,17,27H,5,11-16H2,1-4H3,(H,25,28). The Balaban J connectivity index is 1.78. The van der Waals surface area contributed by atoms with Gasteiger partial charge >= 0.3 is 0 Å². The first-order chi connectivity index (χ1) is 13.7. The quantitative estimate of drug-likeness (QED) is 0.749. The van der Waals surface area contributed by atoms with E-state index in [2.05, 4.69) is 33.0 Å². The summed E-state index contributed by atoms with van der Waals surface area (Å²) in [4.78, 5) is 25.5. The number of hydrogen-bond acceptors (Lipinski definition) is 3. The number of nitrogens with zero attached hydrogens (tertiary/aromatic N) is 1. The summed E-state index contributed by atoms with van der Waals surface area (Å²) >= 11 is 0. The van der Waals surface area contributed by atoms with Gasteiger partial charge in [0, 0.05) is 35.6 Å². The van der Waals surface area contributed by atoms with E-state index < -0.39 is 0 Å². The first kappa shape index (κ1) is 21.6. The maximum absolute atomic E-state index is 12.9. The minimum Gasteiger partial charge on any atom is -0.395 e. The molecular formula is C24H34N2O3. The zero-order valence-electron chi connectivity index (χ0n) is 18.1. The fourth-order valence-corrected chi connectivity index (χ4v) is 5.44. The second kappa shape index (κ2) is 8.31. The number of pyridine rings is 1. The van der Waals surface area contributed by atoms with Crippen molar-refractivity contribution in [2.45, 2.75) is 66.3 Å². The summed E-state index contributed by atoms with van der Waals surface area (Å²) in [5, 5.41) is 13.5. The lowest BCUT2D eigenvalue weighted by molar-refractivity contribution is -0.118. The summed E-state index contributed by atoms with van der Waals surface area (Å²) < 4.78 is 1.49. The van der Waals surface area contributed by atoms with Crippen LogP contribution in [0, 0.1) is 16.7 Å². The molecule has 1 saturated carbocycles. The molecule has 1 aromatic heterocycles. The number of benzene rings is 1. The van der Waals surface area contributed by atoms with Crippen molar-refractivity contribution in [3.63, 3.8) is 0 Å². The van der Waals surface area contributed by atoms with Gasteiger partial charge in [0.1, 0.15) is 0 Å². The Hall–Kier alpha value is -2.14. The van der Waals surface area contributed by atoms with Crippen LogP contribution >= 0.6 is 0 Å². The second-order valence-electron chi connectivity index (χ2n) is 9.84. The fourth-order valence-electron chi connectivity index (χ4n) is 5.44. The van der Waals surface area contributed by atoms with Crippen molar-refractivity contribution in [3.05, 3.63) is 40.8 Å². The first-order valence-electron chi connectivity index (χ1n) is 10.7. The van der Waals surface area contributed by atoms with Gasteiger partial charge in [-0.2, -0.15) is 0 Å². The number of aromatic nitrogens is 1. The molecule has 0 saturated heterocycles. The normalized spacial score (nSPS) is 23.8. The van der Waals surface area contributed by atoms with E-state index in [1.54, 1.807) is 18.3 Å². The van der Waals surface area contributed by atoms with E-state index >= 15 is 0 Å². The van der Waals surface area contributed by atoms with Crippen LogP contribution in [0.15, 0.2) is 35.3 Å². The first-order valence-corrected chi connectivity index (χ1v) is 10.7. The van der Waals surface area contributed by atoms with E-state index in [-0.39, 0.29) is 30.0 Å². The lowest BCUT2D eigenvalue weighted by atomic mass is 9.59. The molecule has 0 spiro atoms. The van der Waals surface area contributed by atoms with Crippen LogP contribution < -0.4 is 10.9 Å². The van der Waals surface area contributed by atoms with Gasteiger partial charge in [-0.1, -0.05) is 40.2 Å². The van der Waals surface area contributed by atoms with Crippen molar-refractivity contribution in [2.24, 2.45) is 16.7 Å². The molecule has 1 aliphatic rings. The molecule has 0 radical (unpaired) electrons. The van der Waals surface area contributed by atoms with Gasteiger partial charge in [0.05, 0.1) is 6.61 Å². The van der Waals surface area contributed by atoms with Gasteiger partial charge in [-0.25, -0.2) is 0 Å². The van der Waals surface area contributed by atoms with Gasteiger partial charge in [0.15, 0.2) is 0 Å². The Bertz CT molecular complexity index is 947. The van der Waals surface area contributed by atoms with Crippen molar-refractivity contribution >= 4 is 22.4 Å². The number of anilines is 1. The van der Waals surface area contributed by atoms with E-state index in [0.717, 1.165) is 24.6 Å². The molecule has 0 bridgehead atoms. The molecule has 2 aromatic rings. The molecule has 5 nitrogen and oxygen atoms in total. The molecule has 5 heteroatoms. The number of carbonyl (C=O) groups is 1. The van der Waals surface area contributed by atoms with E-state index in [0.29, 0.717) is 28.8 Å².